The average Bonchev–Trinajstić information content (AvgIpc) is 3.15. The Bertz CT molecular complexity index is 953. The Kier molecular flexibility index (Phi) is 4.14. The fraction of sp³-hybridized carbons (Fsp3) is 0.167. The molecule has 1 atom stereocenters. The molecule has 0 spiro atoms. The molecule has 26 heavy (non-hydrogen) atoms. The van der Waals surface area contributed by atoms with E-state index in [9.17, 15) is 9.59 Å². The van der Waals surface area contributed by atoms with Gasteiger partial charge in [0.2, 0.25) is 5.91 Å². The summed E-state index contributed by atoms with van der Waals surface area (Å²) in [5.74, 6) is 0.00340. The third kappa shape index (κ3) is 3.04. The lowest BCUT2D eigenvalue weighted by molar-refractivity contribution is -0.123. The van der Waals surface area contributed by atoms with Crippen LogP contribution in [0.2, 0.25) is 0 Å². The number of amides is 2. The van der Waals surface area contributed by atoms with E-state index >= 15 is 0 Å². The largest absolute Gasteiger partial charge is 0.347 e. The molecule has 0 saturated heterocycles. The molecule has 1 aliphatic heterocycles. The number of rotatable bonds is 4. The summed E-state index contributed by atoms with van der Waals surface area (Å²) in [7, 11) is 0. The van der Waals surface area contributed by atoms with Gasteiger partial charge in [0.25, 0.3) is 5.91 Å². The number of aromatic nitrogens is 4. The maximum atomic E-state index is 12.5. The number of hydrogen-bond donors (Lipinski definition) is 2. The summed E-state index contributed by atoms with van der Waals surface area (Å²) in [4.78, 5) is 24.6. The van der Waals surface area contributed by atoms with Crippen molar-refractivity contribution in [1.29, 1.82) is 0 Å². The van der Waals surface area contributed by atoms with E-state index in [1.807, 2.05) is 48.5 Å². The van der Waals surface area contributed by atoms with Crippen molar-refractivity contribution in [3.63, 3.8) is 0 Å². The van der Waals surface area contributed by atoms with E-state index in [1.165, 1.54) is 0 Å². The van der Waals surface area contributed by atoms with Crippen LogP contribution in [-0.4, -0.2) is 38.1 Å². The lowest BCUT2D eigenvalue weighted by atomic mass is 9.95. The number of tetrazole rings is 1. The van der Waals surface area contributed by atoms with E-state index in [0.717, 1.165) is 11.3 Å². The van der Waals surface area contributed by atoms with E-state index < -0.39 is 6.04 Å². The summed E-state index contributed by atoms with van der Waals surface area (Å²) in [6, 6.07) is 16.1. The van der Waals surface area contributed by atoms with Crippen LogP contribution in [0.5, 0.6) is 0 Å². The topological polar surface area (TPSA) is 102 Å². The molecule has 2 amide bonds. The van der Waals surface area contributed by atoms with Gasteiger partial charge in [-0.25, -0.2) is 0 Å². The molecular formula is C18H16N6O2. The summed E-state index contributed by atoms with van der Waals surface area (Å²) in [6.45, 7) is 0.161. The van der Waals surface area contributed by atoms with E-state index in [4.69, 9.17) is 0 Å². The summed E-state index contributed by atoms with van der Waals surface area (Å²) >= 11 is 0. The first-order valence-corrected chi connectivity index (χ1v) is 8.21. The minimum absolute atomic E-state index is 0.161. The fourth-order valence-electron chi connectivity index (χ4n) is 2.96. The number of nitrogens with zero attached hydrogens (tertiary/aromatic N) is 4. The maximum Gasteiger partial charge on any atom is 0.252 e. The highest BCUT2D eigenvalue weighted by Crippen LogP contribution is 2.16. The Labute approximate surface area is 149 Å². The van der Waals surface area contributed by atoms with Crippen LogP contribution in [-0.2, 0) is 17.8 Å². The molecule has 1 unspecified atom stereocenters. The van der Waals surface area contributed by atoms with Gasteiger partial charge in [-0.15, -0.1) is 5.10 Å². The number of para-hydroxylation sites is 1. The normalized spacial score (nSPS) is 15.8. The van der Waals surface area contributed by atoms with Gasteiger partial charge in [-0.1, -0.05) is 36.4 Å². The first-order chi connectivity index (χ1) is 12.7. The van der Waals surface area contributed by atoms with Gasteiger partial charge in [0, 0.05) is 12.0 Å². The van der Waals surface area contributed by atoms with Gasteiger partial charge in [-0.2, -0.15) is 4.68 Å². The third-order valence-electron chi connectivity index (χ3n) is 4.26. The second-order valence-electron chi connectivity index (χ2n) is 5.95. The smallest absolute Gasteiger partial charge is 0.252 e. The molecule has 0 bridgehead atoms. The van der Waals surface area contributed by atoms with Crippen LogP contribution in [0.4, 0.5) is 0 Å². The molecule has 1 aliphatic rings. The number of hydrogen-bond acceptors (Lipinski definition) is 5. The SMILES string of the molecule is O=C1NC(C(=O)NCc2nnnn2-c2ccccc2)Cc2ccccc21. The summed E-state index contributed by atoms with van der Waals surface area (Å²) in [6.07, 6.45) is 0.456. The first kappa shape index (κ1) is 15.9. The molecule has 1 aromatic heterocycles. The number of nitrogens with one attached hydrogen (secondary N) is 2. The van der Waals surface area contributed by atoms with Crippen molar-refractivity contribution >= 4 is 11.8 Å². The molecule has 3 aromatic rings. The molecule has 2 heterocycles. The zero-order chi connectivity index (χ0) is 17.9. The second kappa shape index (κ2) is 6.75. The standard InChI is InChI=1S/C18H16N6O2/c25-17-14-9-5-4-6-12(14)10-15(20-17)18(26)19-11-16-21-22-23-24(16)13-7-2-1-3-8-13/h1-9,15H,10-11H2,(H,19,26)(H,20,25). The molecule has 2 aromatic carbocycles. The Morgan fingerprint density at radius 3 is 2.77 bits per heavy atom. The number of carbonyl (C=O) groups excluding carboxylic acids is 2. The molecular weight excluding hydrogens is 332 g/mol. The summed E-state index contributed by atoms with van der Waals surface area (Å²) < 4.78 is 1.56. The van der Waals surface area contributed by atoms with Crippen molar-refractivity contribution in [3.05, 3.63) is 71.5 Å². The Morgan fingerprint density at radius 2 is 1.92 bits per heavy atom. The van der Waals surface area contributed by atoms with Crippen LogP contribution in [0.15, 0.2) is 54.6 Å². The van der Waals surface area contributed by atoms with Crippen LogP contribution in [0.25, 0.3) is 5.69 Å². The predicted molar refractivity (Wildman–Crippen MR) is 92.4 cm³/mol. The van der Waals surface area contributed by atoms with Crippen molar-refractivity contribution in [2.75, 3.05) is 0 Å². The first-order valence-electron chi connectivity index (χ1n) is 8.21. The molecule has 4 rings (SSSR count). The van der Waals surface area contributed by atoms with Gasteiger partial charge in [0.1, 0.15) is 6.04 Å². The van der Waals surface area contributed by atoms with Gasteiger partial charge in [-0.05, 0) is 34.2 Å². The van der Waals surface area contributed by atoms with Gasteiger partial charge >= 0.3 is 0 Å². The van der Waals surface area contributed by atoms with Gasteiger partial charge < -0.3 is 10.6 Å². The van der Waals surface area contributed by atoms with Crippen molar-refractivity contribution in [1.82, 2.24) is 30.8 Å². The molecule has 8 nitrogen and oxygen atoms in total. The minimum Gasteiger partial charge on any atom is -0.347 e. The second-order valence-corrected chi connectivity index (χ2v) is 5.95. The summed E-state index contributed by atoms with van der Waals surface area (Å²) in [5, 5.41) is 17.1. The highest BCUT2D eigenvalue weighted by atomic mass is 16.2. The van der Waals surface area contributed by atoms with E-state index in [-0.39, 0.29) is 18.4 Å². The Balaban J connectivity index is 1.45. The molecule has 0 aliphatic carbocycles. The van der Waals surface area contributed by atoms with Crippen molar-refractivity contribution in [3.8, 4) is 5.69 Å². The lowest BCUT2D eigenvalue weighted by Crippen LogP contribution is -2.50. The fourth-order valence-corrected chi connectivity index (χ4v) is 2.96. The van der Waals surface area contributed by atoms with Gasteiger partial charge in [0.15, 0.2) is 5.82 Å². The highest BCUT2D eigenvalue weighted by molar-refractivity contribution is 6.00. The lowest BCUT2D eigenvalue weighted by Gasteiger charge is -2.24. The van der Waals surface area contributed by atoms with E-state index in [1.54, 1.807) is 10.7 Å². The molecule has 0 saturated carbocycles. The van der Waals surface area contributed by atoms with Crippen molar-refractivity contribution < 1.29 is 9.59 Å². The predicted octanol–water partition coefficient (Wildman–Crippen LogP) is 0.633. The average molecular weight is 348 g/mol. The van der Waals surface area contributed by atoms with Crippen molar-refractivity contribution in [2.45, 2.75) is 19.0 Å². The molecule has 130 valence electrons. The Morgan fingerprint density at radius 1 is 1.15 bits per heavy atom. The van der Waals surface area contributed by atoms with Gasteiger partial charge in [-0.3, -0.25) is 9.59 Å². The van der Waals surface area contributed by atoms with Crippen molar-refractivity contribution in [2.24, 2.45) is 0 Å². The Hall–Kier alpha value is -3.55. The molecule has 0 fully saturated rings. The van der Waals surface area contributed by atoms with E-state index in [2.05, 4.69) is 26.2 Å². The monoisotopic (exact) mass is 348 g/mol. The van der Waals surface area contributed by atoms with Crippen LogP contribution >= 0.6 is 0 Å². The minimum atomic E-state index is -0.613. The zero-order valence-electron chi connectivity index (χ0n) is 13.8. The molecule has 8 heteroatoms. The number of fused-ring (bicyclic) bond motifs is 1. The number of carbonyl (C=O) groups is 2. The number of benzene rings is 2. The highest BCUT2D eigenvalue weighted by Gasteiger charge is 2.28. The van der Waals surface area contributed by atoms with Crippen LogP contribution in [0.1, 0.15) is 21.7 Å². The quantitative estimate of drug-likeness (QED) is 0.720. The third-order valence-corrected chi connectivity index (χ3v) is 4.26. The zero-order valence-corrected chi connectivity index (χ0v) is 13.8. The molecule has 2 N–H and O–H groups in total. The van der Waals surface area contributed by atoms with Crippen LogP contribution < -0.4 is 10.6 Å². The summed E-state index contributed by atoms with van der Waals surface area (Å²) in [5.41, 5.74) is 2.29. The van der Waals surface area contributed by atoms with Gasteiger partial charge in [0.05, 0.1) is 12.2 Å². The van der Waals surface area contributed by atoms with E-state index in [0.29, 0.717) is 17.8 Å². The van der Waals surface area contributed by atoms with Crippen LogP contribution in [0.3, 0.4) is 0 Å². The molecule has 0 radical (unpaired) electrons. The maximum absolute atomic E-state index is 12.5. The van der Waals surface area contributed by atoms with Crippen LogP contribution in [0, 0.1) is 0 Å².